The third-order valence-electron chi connectivity index (χ3n) is 2.55. The van der Waals surface area contributed by atoms with E-state index in [-0.39, 0.29) is 4.90 Å². The van der Waals surface area contributed by atoms with E-state index in [0.717, 1.165) is 5.56 Å². The van der Waals surface area contributed by atoms with Crippen LogP contribution in [-0.4, -0.2) is 8.42 Å². The van der Waals surface area contributed by atoms with Gasteiger partial charge in [0.1, 0.15) is 0 Å². The number of sulfonamides is 1. The van der Waals surface area contributed by atoms with E-state index in [4.69, 9.17) is 17.3 Å². The van der Waals surface area contributed by atoms with Crippen molar-refractivity contribution in [2.24, 2.45) is 5.73 Å². The van der Waals surface area contributed by atoms with Crippen LogP contribution in [0.1, 0.15) is 5.56 Å². The van der Waals surface area contributed by atoms with Crippen molar-refractivity contribution in [2.45, 2.75) is 11.4 Å². The molecule has 4 nitrogen and oxygen atoms in total. The molecule has 0 radical (unpaired) electrons. The quantitative estimate of drug-likeness (QED) is 0.911. The molecule has 100 valence electrons. The molecule has 0 aliphatic heterocycles. The first kappa shape index (κ1) is 13.9. The summed E-state index contributed by atoms with van der Waals surface area (Å²) in [7, 11) is -3.60. The van der Waals surface area contributed by atoms with Crippen LogP contribution >= 0.6 is 11.6 Å². The molecular formula is C13H13ClN2O2S. The van der Waals surface area contributed by atoms with Gasteiger partial charge in [0.2, 0.25) is 0 Å². The van der Waals surface area contributed by atoms with Gasteiger partial charge in [-0.15, -0.1) is 0 Å². The summed E-state index contributed by atoms with van der Waals surface area (Å²) in [5.41, 5.74) is 6.77. The second kappa shape index (κ2) is 5.61. The molecule has 0 aliphatic carbocycles. The standard InChI is InChI=1S/C13H13ClN2O2S/c14-11-2-1-3-12(8-11)16-19(17,18)13-6-4-10(9-15)5-7-13/h1-8,16H,9,15H2. The topological polar surface area (TPSA) is 72.2 Å². The van der Waals surface area contributed by atoms with E-state index in [1.807, 2.05) is 0 Å². The van der Waals surface area contributed by atoms with Gasteiger partial charge in [0, 0.05) is 11.6 Å². The highest BCUT2D eigenvalue weighted by Crippen LogP contribution is 2.19. The van der Waals surface area contributed by atoms with Gasteiger partial charge in [0.15, 0.2) is 0 Å². The molecule has 0 spiro atoms. The number of benzene rings is 2. The van der Waals surface area contributed by atoms with E-state index in [2.05, 4.69) is 4.72 Å². The van der Waals surface area contributed by atoms with Crippen molar-refractivity contribution >= 4 is 27.3 Å². The Bertz CT molecular complexity index is 669. The third kappa shape index (κ3) is 3.47. The fraction of sp³-hybridized carbons (Fsp3) is 0.0769. The van der Waals surface area contributed by atoms with Gasteiger partial charge in [-0.3, -0.25) is 4.72 Å². The predicted octanol–water partition coefficient (Wildman–Crippen LogP) is 2.60. The smallest absolute Gasteiger partial charge is 0.261 e. The lowest BCUT2D eigenvalue weighted by Crippen LogP contribution is -2.13. The molecule has 3 N–H and O–H groups in total. The number of rotatable bonds is 4. The van der Waals surface area contributed by atoms with Crippen LogP contribution in [0.3, 0.4) is 0 Å². The minimum Gasteiger partial charge on any atom is -0.326 e. The zero-order chi connectivity index (χ0) is 13.9. The average molecular weight is 297 g/mol. The molecule has 0 fully saturated rings. The molecule has 2 aromatic rings. The predicted molar refractivity (Wildman–Crippen MR) is 76.6 cm³/mol. The second-order valence-corrected chi connectivity index (χ2v) is 6.08. The molecule has 0 saturated carbocycles. The SMILES string of the molecule is NCc1ccc(S(=O)(=O)Nc2cccc(Cl)c2)cc1. The molecule has 0 aliphatic rings. The number of nitrogens with one attached hydrogen (secondary N) is 1. The van der Waals surface area contributed by atoms with Gasteiger partial charge in [-0.25, -0.2) is 8.42 Å². The highest BCUT2D eigenvalue weighted by molar-refractivity contribution is 7.92. The highest BCUT2D eigenvalue weighted by Gasteiger charge is 2.13. The lowest BCUT2D eigenvalue weighted by atomic mass is 10.2. The number of hydrogen-bond donors (Lipinski definition) is 2. The van der Waals surface area contributed by atoms with Crippen molar-refractivity contribution in [3.05, 3.63) is 59.1 Å². The Morgan fingerprint density at radius 3 is 2.37 bits per heavy atom. The molecule has 0 heterocycles. The minimum atomic E-state index is -3.60. The summed E-state index contributed by atoms with van der Waals surface area (Å²) in [4.78, 5) is 0.185. The van der Waals surface area contributed by atoms with Crippen molar-refractivity contribution in [3.63, 3.8) is 0 Å². The van der Waals surface area contributed by atoms with Gasteiger partial charge < -0.3 is 5.73 Å². The molecule has 6 heteroatoms. The van der Waals surface area contributed by atoms with Gasteiger partial charge >= 0.3 is 0 Å². The van der Waals surface area contributed by atoms with Crippen LogP contribution in [0.2, 0.25) is 5.02 Å². The molecule has 0 atom stereocenters. The fourth-order valence-electron chi connectivity index (χ4n) is 1.57. The maximum Gasteiger partial charge on any atom is 0.261 e. The molecular weight excluding hydrogens is 284 g/mol. The summed E-state index contributed by atoms with van der Waals surface area (Å²) in [6.07, 6.45) is 0. The maximum absolute atomic E-state index is 12.1. The Labute approximate surface area is 117 Å². The molecule has 2 aromatic carbocycles. The van der Waals surface area contributed by atoms with E-state index < -0.39 is 10.0 Å². The highest BCUT2D eigenvalue weighted by atomic mass is 35.5. The maximum atomic E-state index is 12.1. The Morgan fingerprint density at radius 2 is 1.79 bits per heavy atom. The van der Waals surface area contributed by atoms with E-state index in [1.54, 1.807) is 36.4 Å². The van der Waals surface area contributed by atoms with Crippen LogP contribution in [0.4, 0.5) is 5.69 Å². The van der Waals surface area contributed by atoms with Crippen molar-refractivity contribution in [1.29, 1.82) is 0 Å². The van der Waals surface area contributed by atoms with Gasteiger partial charge in [-0.1, -0.05) is 29.8 Å². The fourth-order valence-corrected chi connectivity index (χ4v) is 2.81. The molecule has 19 heavy (non-hydrogen) atoms. The first-order valence-electron chi connectivity index (χ1n) is 5.59. The summed E-state index contributed by atoms with van der Waals surface area (Å²) < 4.78 is 26.7. The lowest BCUT2D eigenvalue weighted by Gasteiger charge is -2.08. The minimum absolute atomic E-state index is 0.185. The number of halogens is 1. The normalized spacial score (nSPS) is 11.3. The zero-order valence-corrected chi connectivity index (χ0v) is 11.6. The molecule has 2 rings (SSSR count). The molecule has 0 unspecified atom stereocenters. The van der Waals surface area contributed by atoms with Crippen LogP contribution < -0.4 is 10.5 Å². The lowest BCUT2D eigenvalue weighted by molar-refractivity contribution is 0.601. The Balaban J connectivity index is 2.27. The molecule has 0 bridgehead atoms. The van der Waals surface area contributed by atoms with Crippen LogP contribution in [-0.2, 0) is 16.6 Å². The van der Waals surface area contributed by atoms with E-state index >= 15 is 0 Å². The largest absolute Gasteiger partial charge is 0.326 e. The van der Waals surface area contributed by atoms with Gasteiger partial charge in [0.25, 0.3) is 10.0 Å². The van der Waals surface area contributed by atoms with Gasteiger partial charge in [-0.2, -0.15) is 0 Å². The molecule has 0 aromatic heterocycles. The zero-order valence-electron chi connectivity index (χ0n) is 10.0. The van der Waals surface area contributed by atoms with Crippen LogP contribution in [0.25, 0.3) is 0 Å². The summed E-state index contributed by atoms with van der Waals surface area (Å²) in [6.45, 7) is 0.377. The van der Waals surface area contributed by atoms with Crippen molar-refractivity contribution in [1.82, 2.24) is 0 Å². The van der Waals surface area contributed by atoms with Crippen LogP contribution in [0.15, 0.2) is 53.4 Å². The number of nitrogens with two attached hydrogens (primary N) is 1. The van der Waals surface area contributed by atoms with Gasteiger partial charge in [-0.05, 0) is 35.9 Å². The number of anilines is 1. The summed E-state index contributed by atoms with van der Waals surface area (Å²) in [6, 6.07) is 13.0. The van der Waals surface area contributed by atoms with Crippen LogP contribution in [0, 0.1) is 0 Å². The Morgan fingerprint density at radius 1 is 1.11 bits per heavy atom. The van der Waals surface area contributed by atoms with E-state index in [0.29, 0.717) is 17.3 Å². The Hall–Kier alpha value is -1.56. The first-order chi connectivity index (χ1) is 9.01. The van der Waals surface area contributed by atoms with Crippen molar-refractivity contribution in [3.8, 4) is 0 Å². The first-order valence-corrected chi connectivity index (χ1v) is 7.45. The van der Waals surface area contributed by atoms with Crippen molar-refractivity contribution < 1.29 is 8.42 Å². The summed E-state index contributed by atoms with van der Waals surface area (Å²) in [5, 5.41) is 0.471. The van der Waals surface area contributed by atoms with E-state index in [9.17, 15) is 8.42 Å². The monoisotopic (exact) mass is 296 g/mol. The van der Waals surface area contributed by atoms with Crippen molar-refractivity contribution in [2.75, 3.05) is 4.72 Å². The molecule has 0 saturated heterocycles. The van der Waals surface area contributed by atoms with Gasteiger partial charge in [0.05, 0.1) is 10.6 Å². The Kier molecular flexibility index (Phi) is 4.09. The number of hydrogen-bond acceptors (Lipinski definition) is 3. The summed E-state index contributed by atoms with van der Waals surface area (Å²) >= 11 is 5.81. The second-order valence-electron chi connectivity index (χ2n) is 3.96. The van der Waals surface area contributed by atoms with Crippen LogP contribution in [0.5, 0.6) is 0 Å². The third-order valence-corrected chi connectivity index (χ3v) is 4.18. The molecule has 0 amide bonds. The van der Waals surface area contributed by atoms with E-state index in [1.165, 1.54) is 12.1 Å². The summed E-state index contributed by atoms with van der Waals surface area (Å²) in [5.74, 6) is 0. The average Bonchev–Trinajstić information content (AvgIpc) is 2.38.